The van der Waals surface area contributed by atoms with Gasteiger partial charge in [0.2, 0.25) is 5.91 Å². The van der Waals surface area contributed by atoms with Gasteiger partial charge in [-0.2, -0.15) is 0 Å². The second-order valence-corrected chi connectivity index (χ2v) is 4.01. The minimum atomic E-state index is -0.702. The van der Waals surface area contributed by atoms with Gasteiger partial charge in [-0.15, -0.1) is 0 Å². The summed E-state index contributed by atoms with van der Waals surface area (Å²) in [6.45, 7) is 1.67. The molecule has 0 aromatic heterocycles. The van der Waals surface area contributed by atoms with Crippen molar-refractivity contribution in [2.45, 2.75) is 13.0 Å². The van der Waals surface area contributed by atoms with Gasteiger partial charge in [-0.3, -0.25) is 9.59 Å². The molecule has 0 fully saturated rings. The van der Waals surface area contributed by atoms with Gasteiger partial charge in [0.1, 0.15) is 11.9 Å². The van der Waals surface area contributed by atoms with Crippen molar-refractivity contribution in [3.8, 4) is 11.8 Å². The average Bonchev–Trinajstić information content (AvgIpc) is 2.44. The zero-order chi connectivity index (χ0) is 15.1. The van der Waals surface area contributed by atoms with E-state index in [2.05, 4.69) is 22.5 Å². The van der Waals surface area contributed by atoms with Crippen LogP contribution in [0.4, 0.5) is 4.39 Å². The molecular formula is C14H16FN3O2. The number of hydrogen-bond acceptors (Lipinski definition) is 3. The van der Waals surface area contributed by atoms with Crippen LogP contribution in [0, 0.1) is 17.7 Å². The van der Waals surface area contributed by atoms with Gasteiger partial charge in [-0.25, -0.2) is 4.39 Å². The summed E-state index contributed by atoms with van der Waals surface area (Å²) in [7, 11) is 1.47. The number of nitrogens with one attached hydrogen (secondary N) is 2. The molecule has 106 valence electrons. The zero-order valence-corrected chi connectivity index (χ0v) is 11.3. The van der Waals surface area contributed by atoms with Crippen LogP contribution in [0.15, 0.2) is 18.2 Å². The van der Waals surface area contributed by atoms with Crippen molar-refractivity contribution in [2.24, 2.45) is 5.73 Å². The molecule has 0 aliphatic carbocycles. The Bertz CT molecular complexity index is 576. The lowest BCUT2D eigenvalue weighted by molar-refractivity contribution is -0.122. The molecule has 0 saturated carbocycles. The third-order valence-electron chi connectivity index (χ3n) is 2.54. The minimum absolute atomic E-state index is 0.122. The van der Waals surface area contributed by atoms with Crippen LogP contribution in [-0.2, 0) is 4.79 Å². The molecule has 1 rings (SSSR count). The van der Waals surface area contributed by atoms with Crippen LogP contribution in [0.3, 0.4) is 0 Å². The number of nitrogens with two attached hydrogens (primary N) is 1. The zero-order valence-electron chi connectivity index (χ0n) is 11.3. The predicted molar refractivity (Wildman–Crippen MR) is 73.3 cm³/mol. The van der Waals surface area contributed by atoms with E-state index in [1.807, 2.05) is 0 Å². The summed E-state index contributed by atoms with van der Waals surface area (Å²) in [6.07, 6.45) is 0. The highest BCUT2D eigenvalue weighted by molar-refractivity contribution is 5.97. The van der Waals surface area contributed by atoms with Crippen molar-refractivity contribution in [3.63, 3.8) is 0 Å². The normalized spacial score (nSPS) is 11.0. The fourth-order valence-corrected chi connectivity index (χ4v) is 1.47. The smallest absolute Gasteiger partial charge is 0.252 e. The first-order valence-corrected chi connectivity index (χ1v) is 6.00. The van der Waals surface area contributed by atoms with Gasteiger partial charge in [-0.1, -0.05) is 11.8 Å². The molecule has 0 saturated heterocycles. The van der Waals surface area contributed by atoms with Crippen molar-refractivity contribution in [2.75, 3.05) is 13.6 Å². The van der Waals surface area contributed by atoms with Gasteiger partial charge in [0.05, 0.1) is 12.1 Å². The maximum absolute atomic E-state index is 13.7. The molecule has 20 heavy (non-hydrogen) atoms. The van der Waals surface area contributed by atoms with Gasteiger partial charge in [-0.05, 0) is 25.1 Å². The van der Waals surface area contributed by atoms with E-state index in [9.17, 15) is 14.0 Å². The lowest BCUT2D eigenvalue weighted by Crippen LogP contribution is -2.43. The van der Waals surface area contributed by atoms with E-state index in [0.717, 1.165) is 6.07 Å². The first-order valence-electron chi connectivity index (χ1n) is 6.00. The molecule has 0 radical (unpaired) electrons. The average molecular weight is 277 g/mol. The quantitative estimate of drug-likeness (QED) is 0.680. The molecule has 5 nitrogen and oxygen atoms in total. The molecule has 0 spiro atoms. The maximum atomic E-state index is 13.7. The van der Waals surface area contributed by atoms with Crippen molar-refractivity contribution in [3.05, 3.63) is 35.1 Å². The second kappa shape index (κ2) is 7.26. The molecule has 1 aromatic carbocycles. The molecule has 4 N–H and O–H groups in total. The topological polar surface area (TPSA) is 84.2 Å². The van der Waals surface area contributed by atoms with Gasteiger partial charge >= 0.3 is 0 Å². The van der Waals surface area contributed by atoms with Crippen LogP contribution in [0.25, 0.3) is 0 Å². The summed E-state index contributed by atoms with van der Waals surface area (Å²) >= 11 is 0. The van der Waals surface area contributed by atoms with Crippen molar-refractivity contribution in [1.29, 1.82) is 0 Å². The van der Waals surface area contributed by atoms with Gasteiger partial charge in [0.25, 0.3) is 5.91 Å². The van der Waals surface area contributed by atoms with Crippen LogP contribution >= 0.6 is 0 Å². The number of hydrogen-bond donors (Lipinski definition) is 3. The molecule has 0 heterocycles. The first-order chi connectivity index (χ1) is 9.49. The third kappa shape index (κ3) is 4.07. The van der Waals surface area contributed by atoms with E-state index >= 15 is 0 Å². The lowest BCUT2D eigenvalue weighted by Gasteiger charge is -2.12. The standard InChI is InChI=1S/C14H16FN3O2/c1-9(13(19)17-2)18-14(20)11-6-5-10(4-3-7-16)12(15)8-11/h5-6,8-9H,7,16H2,1-2H3,(H,17,19)(H,18,20). The molecule has 2 amide bonds. The third-order valence-corrected chi connectivity index (χ3v) is 2.54. The maximum Gasteiger partial charge on any atom is 0.252 e. The number of carbonyl (C=O) groups excluding carboxylic acids is 2. The van der Waals surface area contributed by atoms with Crippen molar-refractivity contribution >= 4 is 11.8 Å². The highest BCUT2D eigenvalue weighted by Gasteiger charge is 2.16. The van der Waals surface area contributed by atoms with E-state index in [1.165, 1.54) is 26.1 Å². The highest BCUT2D eigenvalue weighted by Crippen LogP contribution is 2.09. The number of likely N-dealkylation sites (N-methyl/N-ethyl adjacent to an activating group) is 1. The molecule has 1 aromatic rings. The molecular weight excluding hydrogens is 261 g/mol. The first kappa shape index (κ1) is 15.7. The second-order valence-electron chi connectivity index (χ2n) is 4.01. The summed E-state index contributed by atoms with van der Waals surface area (Å²) in [5.41, 5.74) is 5.50. The summed E-state index contributed by atoms with van der Waals surface area (Å²) in [6, 6.07) is 3.21. The molecule has 0 bridgehead atoms. The van der Waals surface area contributed by atoms with Gasteiger partial charge < -0.3 is 16.4 Å². The lowest BCUT2D eigenvalue weighted by atomic mass is 10.1. The number of amides is 2. The summed E-state index contributed by atoms with van der Waals surface area (Å²) < 4.78 is 13.7. The van der Waals surface area contributed by atoms with E-state index in [1.54, 1.807) is 0 Å². The summed E-state index contributed by atoms with van der Waals surface area (Å²) in [4.78, 5) is 23.1. The SMILES string of the molecule is CNC(=O)C(C)NC(=O)c1ccc(C#CCN)c(F)c1. The molecule has 0 aliphatic heterocycles. The van der Waals surface area contributed by atoms with E-state index in [4.69, 9.17) is 5.73 Å². The number of carbonyl (C=O) groups is 2. The molecule has 0 aliphatic rings. The molecule has 6 heteroatoms. The van der Waals surface area contributed by atoms with E-state index in [0.29, 0.717) is 0 Å². The fraction of sp³-hybridized carbons (Fsp3) is 0.286. The largest absolute Gasteiger partial charge is 0.357 e. The van der Waals surface area contributed by atoms with E-state index in [-0.39, 0.29) is 23.6 Å². The highest BCUT2D eigenvalue weighted by atomic mass is 19.1. The number of benzene rings is 1. The minimum Gasteiger partial charge on any atom is -0.357 e. The van der Waals surface area contributed by atoms with E-state index < -0.39 is 17.8 Å². The summed E-state index contributed by atoms with van der Waals surface area (Å²) in [5.74, 6) is 3.63. The predicted octanol–water partition coefficient (Wildman–Crippen LogP) is 0.000200. The van der Waals surface area contributed by atoms with Crippen LogP contribution in [-0.4, -0.2) is 31.4 Å². The van der Waals surface area contributed by atoms with Crippen LogP contribution in [0.5, 0.6) is 0 Å². The Labute approximate surface area is 116 Å². The van der Waals surface area contributed by atoms with Crippen LogP contribution < -0.4 is 16.4 Å². The Morgan fingerprint density at radius 2 is 2.15 bits per heavy atom. The van der Waals surface area contributed by atoms with Gasteiger partial charge in [0.15, 0.2) is 0 Å². The van der Waals surface area contributed by atoms with Crippen LogP contribution in [0.2, 0.25) is 0 Å². The Kier molecular flexibility index (Phi) is 5.69. The Morgan fingerprint density at radius 3 is 2.70 bits per heavy atom. The Balaban J connectivity index is 2.85. The van der Waals surface area contributed by atoms with Crippen molar-refractivity contribution in [1.82, 2.24) is 10.6 Å². The number of halogens is 1. The Morgan fingerprint density at radius 1 is 1.45 bits per heavy atom. The van der Waals surface area contributed by atoms with Gasteiger partial charge in [0, 0.05) is 12.6 Å². The Hall–Kier alpha value is -2.39. The van der Waals surface area contributed by atoms with Crippen LogP contribution in [0.1, 0.15) is 22.8 Å². The number of rotatable bonds is 3. The summed E-state index contributed by atoms with van der Waals surface area (Å²) in [5, 5.41) is 4.87. The monoisotopic (exact) mass is 277 g/mol. The fourth-order valence-electron chi connectivity index (χ4n) is 1.47. The molecule has 1 unspecified atom stereocenters. The van der Waals surface area contributed by atoms with Crippen molar-refractivity contribution < 1.29 is 14.0 Å². The molecule has 1 atom stereocenters.